The molecule has 9 heteroatoms. The highest BCUT2D eigenvalue weighted by molar-refractivity contribution is 5.69. The number of carbonyl (C=O) groups is 1. The van der Waals surface area contributed by atoms with Crippen LogP contribution in [-0.2, 0) is 23.7 Å². The average Bonchev–Trinajstić information content (AvgIpc) is 3.38. The van der Waals surface area contributed by atoms with E-state index in [1.54, 1.807) is 0 Å². The van der Waals surface area contributed by atoms with Crippen molar-refractivity contribution in [1.29, 1.82) is 0 Å². The lowest BCUT2D eigenvalue weighted by Crippen LogP contribution is -2.59. The summed E-state index contributed by atoms with van der Waals surface area (Å²) in [5.41, 5.74) is 0. The van der Waals surface area contributed by atoms with E-state index in [4.69, 9.17) is 18.9 Å². The van der Waals surface area contributed by atoms with Crippen molar-refractivity contribution in [2.75, 3.05) is 26.4 Å². The van der Waals surface area contributed by atoms with E-state index >= 15 is 0 Å². The third-order valence-corrected chi connectivity index (χ3v) is 14.6. The van der Waals surface area contributed by atoms with Crippen LogP contribution in [0.1, 0.15) is 296 Å². The first kappa shape index (κ1) is 68.4. The van der Waals surface area contributed by atoms with Gasteiger partial charge >= 0.3 is 5.97 Å². The molecule has 0 aromatic rings. The predicted octanol–water partition coefficient (Wildman–Crippen LogP) is 16.6. The van der Waals surface area contributed by atoms with Crippen LogP contribution in [0.5, 0.6) is 0 Å². The molecule has 6 atom stereocenters. The summed E-state index contributed by atoms with van der Waals surface area (Å²) in [5, 5.41) is 40.4. The molecule has 0 aromatic carbocycles. The van der Waals surface area contributed by atoms with Gasteiger partial charge in [0, 0.05) is 13.0 Å². The molecule has 424 valence electrons. The van der Waals surface area contributed by atoms with E-state index in [-0.39, 0.29) is 19.2 Å². The Balaban J connectivity index is 2.12. The normalized spacial score (nSPS) is 18.9. The average molecular weight is 1020 g/mol. The number of rotatable bonds is 55. The molecule has 0 amide bonds. The predicted molar refractivity (Wildman–Crippen MR) is 302 cm³/mol. The van der Waals surface area contributed by atoms with E-state index in [9.17, 15) is 25.2 Å². The summed E-state index contributed by atoms with van der Waals surface area (Å²) in [6, 6.07) is 0. The molecule has 0 radical (unpaired) electrons. The van der Waals surface area contributed by atoms with E-state index in [1.807, 2.05) is 0 Å². The minimum Gasteiger partial charge on any atom is -0.457 e. The number of unbranched alkanes of at least 4 members (excludes halogenated alkanes) is 38. The maximum atomic E-state index is 12.9. The van der Waals surface area contributed by atoms with Gasteiger partial charge in [-0.25, -0.2) is 0 Å². The van der Waals surface area contributed by atoms with Crippen molar-refractivity contribution in [1.82, 2.24) is 0 Å². The fraction of sp³-hybridized carbons (Fsp3) is 0.889. The molecule has 0 spiro atoms. The Labute approximate surface area is 444 Å². The molecular formula is C63H118O9. The first-order chi connectivity index (χ1) is 35.4. The van der Waals surface area contributed by atoms with E-state index in [0.717, 1.165) is 44.9 Å². The summed E-state index contributed by atoms with van der Waals surface area (Å²) in [6.07, 6.45) is 62.0. The number of hydrogen-bond acceptors (Lipinski definition) is 9. The lowest BCUT2D eigenvalue weighted by atomic mass is 9.99. The number of ether oxygens (including phenoxy) is 4. The Morgan fingerprint density at radius 2 is 0.806 bits per heavy atom. The van der Waals surface area contributed by atoms with Crippen molar-refractivity contribution in [3.05, 3.63) is 36.5 Å². The monoisotopic (exact) mass is 1020 g/mol. The van der Waals surface area contributed by atoms with Crippen molar-refractivity contribution >= 4 is 5.97 Å². The molecule has 6 unspecified atom stereocenters. The first-order valence-electron chi connectivity index (χ1n) is 31.1. The van der Waals surface area contributed by atoms with Gasteiger partial charge in [-0.05, 0) is 51.4 Å². The van der Waals surface area contributed by atoms with Crippen LogP contribution in [0.3, 0.4) is 0 Å². The van der Waals surface area contributed by atoms with Crippen LogP contribution >= 0.6 is 0 Å². The van der Waals surface area contributed by atoms with Crippen LogP contribution in [0.15, 0.2) is 36.5 Å². The second-order valence-electron chi connectivity index (χ2n) is 21.5. The first-order valence-corrected chi connectivity index (χ1v) is 31.1. The standard InChI is InChI=1S/C63H118O9/c1-3-5-7-9-11-13-15-17-19-21-23-25-27-28-29-31-33-35-37-39-41-43-45-47-49-51-53-69-55-57(56-70-63-62(68)61(67)60(66)58(54-64)72-63)71-59(65)52-50-48-46-44-42-40-38-36-34-32-30-26-24-22-20-18-16-14-12-10-8-6-4-2/h15,17,21,23,27-28,57-58,60-64,66-68H,3-14,16,18-20,22,24-26,29-56H2,1-2H3/b17-15-,23-21-,28-27-. The fourth-order valence-electron chi connectivity index (χ4n) is 9.74. The Kier molecular flexibility index (Phi) is 51.5. The van der Waals surface area contributed by atoms with Gasteiger partial charge in [-0.2, -0.15) is 0 Å². The van der Waals surface area contributed by atoms with Crippen LogP contribution in [-0.4, -0.2) is 89.6 Å². The van der Waals surface area contributed by atoms with Crippen LogP contribution in [0.4, 0.5) is 0 Å². The molecule has 1 aliphatic rings. The highest BCUT2D eigenvalue weighted by atomic mass is 16.7. The molecule has 1 saturated heterocycles. The maximum absolute atomic E-state index is 12.9. The fourth-order valence-corrected chi connectivity index (χ4v) is 9.74. The molecule has 0 aromatic heterocycles. The zero-order valence-corrected chi connectivity index (χ0v) is 47.2. The number of esters is 1. The SMILES string of the molecule is CCCCCCC/C=C\C/C=C\C/C=C\CCCCCCCCCCCCCOCC(COC1OC(CO)C(O)C(O)C1O)OC(=O)CCCCCCCCCCCCCCCCCCCCCCCCC. The second-order valence-corrected chi connectivity index (χ2v) is 21.5. The topological polar surface area (TPSA) is 135 Å². The summed E-state index contributed by atoms with van der Waals surface area (Å²) in [4.78, 5) is 12.9. The lowest BCUT2D eigenvalue weighted by Gasteiger charge is -2.39. The van der Waals surface area contributed by atoms with Gasteiger partial charge in [0.1, 0.15) is 30.5 Å². The van der Waals surface area contributed by atoms with Crippen molar-refractivity contribution in [2.45, 2.75) is 333 Å². The zero-order chi connectivity index (χ0) is 52.1. The molecule has 4 N–H and O–H groups in total. The van der Waals surface area contributed by atoms with Gasteiger partial charge in [0.15, 0.2) is 6.29 Å². The van der Waals surface area contributed by atoms with Gasteiger partial charge in [-0.15, -0.1) is 0 Å². The van der Waals surface area contributed by atoms with Crippen LogP contribution in [0.25, 0.3) is 0 Å². The highest BCUT2D eigenvalue weighted by Crippen LogP contribution is 2.23. The summed E-state index contributed by atoms with van der Waals surface area (Å²) in [7, 11) is 0. The number of hydrogen-bond donors (Lipinski definition) is 4. The molecule has 0 bridgehead atoms. The van der Waals surface area contributed by atoms with Crippen LogP contribution in [0.2, 0.25) is 0 Å². The van der Waals surface area contributed by atoms with E-state index in [0.29, 0.717) is 13.0 Å². The third-order valence-electron chi connectivity index (χ3n) is 14.6. The van der Waals surface area contributed by atoms with Crippen molar-refractivity contribution in [2.24, 2.45) is 0 Å². The van der Waals surface area contributed by atoms with Gasteiger partial charge in [-0.1, -0.05) is 275 Å². The number of aliphatic hydroxyl groups excluding tert-OH is 4. The Morgan fingerprint density at radius 3 is 1.21 bits per heavy atom. The number of allylic oxidation sites excluding steroid dienone is 6. The maximum Gasteiger partial charge on any atom is 0.306 e. The summed E-state index contributed by atoms with van der Waals surface area (Å²) in [5.74, 6) is -0.307. The molecule has 0 saturated carbocycles. The van der Waals surface area contributed by atoms with Gasteiger partial charge < -0.3 is 39.4 Å². The smallest absolute Gasteiger partial charge is 0.306 e. The molecule has 1 aliphatic heterocycles. The second kappa shape index (κ2) is 54.2. The highest BCUT2D eigenvalue weighted by Gasteiger charge is 2.44. The Hall–Kier alpha value is -1.59. The largest absolute Gasteiger partial charge is 0.457 e. The molecule has 0 aliphatic carbocycles. The van der Waals surface area contributed by atoms with Gasteiger partial charge in [-0.3, -0.25) is 4.79 Å². The van der Waals surface area contributed by atoms with Crippen LogP contribution in [0, 0.1) is 0 Å². The summed E-state index contributed by atoms with van der Waals surface area (Å²) in [6.45, 7) is 4.60. The summed E-state index contributed by atoms with van der Waals surface area (Å²) >= 11 is 0. The minimum atomic E-state index is -1.54. The number of carbonyl (C=O) groups excluding carboxylic acids is 1. The zero-order valence-electron chi connectivity index (χ0n) is 47.2. The van der Waals surface area contributed by atoms with Gasteiger partial charge in [0.25, 0.3) is 0 Å². The quantitative estimate of drug-likeness (QED) is 0.0267. The molecule has 1 rings (SSSR count). The van der Waals surface area contributed by atoms with Crippen molar-refractivity contribution < 1.29 is 44.2 Å². The number of aliphatic hydroxyl groups is 4. The van der Waals surface area contributed by atoms with Crippen molar-refractivity contribution in [3.8, 4) is 0 Å². The van der Waals surface area contributed by atoms with Gasteiger partial charge in [0.2, 0.25) is 0 Å². The van der Waals surface area contributed by atoms with Crippen LogP contribution < -0.4 is 0 Å². The molecule has 1 fully saturated rings. The summed E-state index contributed by atoms with van der Waals surface area (Å²) < 4.78 is 23.0. The molecule has 9 nitrogen and oxygen atoms in total. The van der Waals surface area contributed by atoms with Gasteiger partial charge in [0.05, 0.1) is 19.8 Å². The minimum absolute atomic E-state index is 0.111. The van der Waals surface area contributed by atoms with E-state index in [2.05, 4.69) is 50.3 Å². The lowest BCUT2D eigenvalue weighted by molar-refractivity contribution is -0.305. The Bertz CT molecular complexity index is 1210. The molecule has 72 heavy (non-hydrogen) atoms. The Morgan fingerprint density at radius 1 is 0.444 bits per heavy atom. The van der Waals surface area contributed by atoms with E-state index in [1.165, 1.54) is 231 Å². The molecule has 1 heterocycles. The molecular weight excluding hydrogens is 901 g/mol. The van der Waals surface area contributed by atoms with Crippen molar-refractivity contribution in [3.63, 3.8) is 0 Å². The van der Waals surface area contributed by atoms with E-state index < -0.39 is 43.4 Å². The third kappa shape index (κ3) is 43.6.